The van der Waals surface area contributed by atoms with E-state index in [0.29, 0.717) is 0 Å². The molecule has 29 heavy (non-hydrogen) atoms. The van der Waals surface area contributed by atoms with Gasteiger partial charge in [-0.3, -0.25) is 0 Å². The Balaban J connectivity index is 0. The minimum absolute atomic E-state index is 0.0404. The zero-order chi connectivity index (χ0) is 23.3. The molecule has 2 aromatic rings. The Kier molecular flexibility index (Phi) is 18.6. The van der Waals surface area contributed by atoms with Crippen LogP contribution in [0.2, 0.25) is 0 Å². The Morgan fingerprint density at radius 2 is 1.10 bits per heavy atom. The first-order chi connectivity index (χ1) is 13.5. The molecule has 0 N–H and O–H groups in total. The first-order valence-electron chi connectivity index (χ1n) is 6.32. The third kappa shape index (κ3) is 12.2. The van der Waals surface area contributed by atoms with Gasteiger partial charge in [-0.25, -0.2) is 26.3 Å². The van der Waals surface area contributed by atoms with E-state index >= 15 is 0 Å². The first-order valence-corrected chi connectivity index (χ1v) is 15.4. The molecule has 0 radical (unpaired) electrons. The molecule has 0 saturated heterocycles. The van der Waals surface area contributed by atoms with E-state index in [9.17, 15) is 26.3 Å². The Morgan fingerprint density at radius 1 is 0.724 bits per heavy atom. The van der Waals surface area contributed by atoms with Crippen LogP contribution in [0.3, 0.4) is 0 Å². The van der Waals surface area contributed by atoms with Gasteiger partial charge in [0.1, 0.15) is 11.5 Å². The fraction of sp³-hybridized carbons (Fsp3) is 0.143. The summed E-state index contributed by atoms with van der Waals surface area (Å²) in [7, 11) is 17.1. The molecule has 0 spiro atoms. The molecule has 169 valence electrons. The van der Waals surface area contributed by atoms with Crippen LogP contribution in [0, 0.1) is 34.9 Å². The molecule has 2 rings (SSSR count). The second kappa shape index (κ2) is 17.1. The van der Waals surface area contributed by atoms with E-state index in [-0.39, 0.29) is 16.0 Å². The van der Waals surface area contributed by atoms with E-state index in [0.717, 1.165) is 18.2 Å². The predicted octanol–water partition coefficient (Wildman–Crippen LogP) is 8.74. The molecule has 0 aromatic heterocycles. The minimum atomic E-state index is -1.51. The average molecular weight is 725 g/mol. The van der Waals surface area contributed by atoms with Crippen molar-refractivity contribution in [2.24, 2.45) is 0 Å². The van der Waals surface area contributed by atoms with E-state index in [1.807, 2.05) is 0 Å². The van der Waals surface area contributed by atoms with Crippen LogP contribution >= 0.6 is 74.5 Å². The molecule has 0 amide bonds. The number of halogens is 12. The van der Waals surface area contributed by atoms with Crippen LogP contribution in [0.4, 0.5) is 26.3 Å². The van der Waals surface area contributed by atoms with E-state index in [1.54, 1.807) is 0 Å². The summed E-state index contributed by atoms with van der Waals surface area (Å²) in [5.74, 6) is -8.16. The summed E-state index contributed by atoms with van der Waals surface area (Å²) >= 11 is 6.89. The zero-order valence-electron chi connectivity index (χ0n) is 13.9. The van der Waals surface area contributed by atoms with Crippen LogP contribution in [0.15, 0.2) is 22.7 Å². The van der Waals surface area contributed by atoms with Crippen molar-refractivity contribution in [3.05, 3.63) is 57.6 Å². The van der Waals surface area contributed by atoms with E-state index in [2.05, 4.69) is 53.7 Å². The number of benzene rings is 2. The van der Waals surface area contributed by atoms with Crippen LogP contribution in [0.5, 0.6) is 11.5 Å². The van der Waals surface area contributed by atoms with Gasteiger partial charge in [-0.05, 0) is 15.9 Å². The molecule has 0 heterocycles. The number of rotatable bonds is 2. The van der Waals surface area contributed by atoms with Gasteiger partial charge in [0.25, 0.3) is 0 Å². The Hall–Kier alpha value is 0.449. The molecular formula is C14H9Br3Cl3F6FeO2. The normalized spacial score (nSPS) is 9.66. The van der Waals surface area contributed by atoms with Crippen LogP contribution in [-0.2, 0) is 11.2 Å². The van der Waals surface area contributed by atoms with E-state index in [1.165, 1.54) is 14.2 Å². The number of methoxy groups -OCH3 is 2. The molecule has 0 aliphatic carbocycles. The summed E-state index contributed by atoms with van der Waals surface area (Å²) in [6.07, 6.45) is 0. The summed E-state index contributed by atoms with van der Waals surface area (Å²) in [4.78, 5) is 0. The van der Waals surface area contributed by atoms with Gasteiger partial charge in [-0.1, -0.05) is 0 Å². The SMILES string of the molecule is BrBr.COc1cc(F)c(F)c(F)c1.COc1cc(F)c(F)c(F)c1Br.[Cl][Fe]([Cl])[Cl]. The molecule has 0 unspecified atom stereocenters. The van der Waals surface area contributed by atoms with Gasteiger partial charge in [0.15, 0.2) is 34.9 Å². The summed E-state index contributed by atoms with van der Waals surface area (Å²) in [6.45, 7) is 0. The number of ether oxygens (including phenoxy) is 2. The molecule has 0 bridgehead atoms. The van der Waals surface area contributed by atoms with Gasteiger partial charge < -0.3 is 9.47 Å². The van der Waals surface area contributed by atoms with Crippen molar-refractivity contribution in [1.29, 1.82) is 0 Å². The first kappa shape index (κ1) is 31.6. The van der Waals surface area contributed by atoms with Gasteiger partial charge in [0, 0.05) is 46.5 Å². The zero-order valence-corrected chi connectivity index (χ0v) is 22.1. The standard InChI is InChI=1S/C7H4BrF3O.C7H5F3O.Br2.3ClH.Fe/c1-12-4-2-3(9)6(10)7(11)5(4)8;1-11-4-2-5(8)7(10)6(9)3-4;1-2;;;;/h2H,1H3;2-3H,1H3;;3*1H;/q;;;;;;+3/p-3. The Labute approximate surface area is 203 Å². The molecular weight excluding hydrogens is 716 g/mol. The van der Waals surface area contributed by atoms with Crippen molar-refractivity contribution < 1.29 is 47.0 Å². The van der Waals surface area contributed by atoms with Gasteiger partial charge in [0.05, 0.1) is 18.7 Å². The topological polar surface area (TPSA) is 18.5 Å². The fourth-order valence-corrected chi connectivity index (χ4v) is 1.80. The van der Waals surface area contributed by atoms with Crippen LogP contribution < -0.4 is 9.47 Å². The molecule has 2 aromatic carbocycles. The van der Waals surface area contributed by atoms with E-state index < -0.39 is 46.1 Å². The van der Waals surface area contributed by atoms with Crippen LogP contribution in [0.25, 0.3) is 0 Å². The van der Waals surface area contributed by atoms with Gasteiger partial charge in [-0.2, -0.15) is 0 Å². The van der Waals surface area contributed by atoms with Crippen molar-refractivity contribution >= 4 is 74.5 Å². The number of hydrogen-bond acceptors (Lipinski definition) is 2. The maximum atomic E-state index is 12.7. The summed E-state index contributed by atoms with van der Waals surface area (Å²) in [5.41, 5.74) is 0. The third-order valence-electron chi connectivity index (χ3n) is 2.48. The summed E-state index contributed by atoms with van der Waals surface area (Å²) < 4.78 is 83.4. The molecule has 15 heteroatoms. The van der Waals surface area contributed by atoms with Gasteiger partial charge in [0.2, 0.25) is 0 Å². The van der Waals surface area contributed by atoms with Gasteiger partial charge >= 0.3 is 41.5 Å². The summed E-state index contributed by atoms with van der Waals surface area (Å²) in [6, 6.07) is 2.32. The van der Waals surface area contributed by atoms with Crippen LogP contribution in [0.1, 0.15) is 0 Å². The number of hydrogen-bond donors (Lipinski definition) is 0. The Morgan fingerprint density at radius 3 is 1.45 bits per heavy atom. The van der Waals surface area contributed by atoms with Crippen molar-refractivity contribution in [1.82, 2.24) is 0 Å². The molecule has 0 fully saturated rings. The Bertz CT molecular complexity index is 752. The second-order valence-electron chi connectivity index (χ2n) is 4.06. The fourth-order valence-electron chi connectivity index (χ4n) is 1.35. The molecule has 0 saturated carbocycles. The van der Waals surface area contributed by atoms with E-state index in [4.69, 9.17) is 30.3 Å². The summed E-state index contributed by atoms with van der Waals surface area (Å²) in [5, 5.41) is 0. The van der Waals surface area contributed by atoms with Crippen molar-refractivity contribution in [2.45, 2.75) is 0 Å². The van der Waals surface area contributed by atoms with Gasteiger partial charge in [-0.15, -0.1) is 0 Å². The van der Waals surface area contributed by atoms with Crippen molar-refractivity contribution in [2.75, 3.05) is 14.2 Å². The average Bonchev–Trinajstić information content (AvgIpc) is 2.68. The maximum absolute atomic E-state index is 12.7. The van der Waals surface area contributed by atoms with Crippen LogP contribution in [-0.4, -0.2) is 14.2 Å². The van der Waals surface area contributed by atoms with Crippen molar-refractivity contribution in [3.8, 4) is 11.5 Å². The molecule has 0 aliphatic rings. The predicted molar refractivity (Wildman–Crippen MR) is 109 cm³/mol. The molecule has 0 aliphatic heterocycles. The van der Waals surface area contributed by atoms with Crippen molar-refractivity contribution in [3.63, 3.8) is 0 Å². The third-order valence-corrected chi connectivity index (χ3v) is 3.22. The molecule has 0 atom stereocenters. The second-order valence-corrected chi connectivity index (χ2v) is 10.3. The quantitative estimate of drug-likeness (QED) is 0.134. The molecule has 2 nitrogen and oxygen atoms in total. The monoisotopic (exact) mass is 721 g/mol.